The first kappa shape index (κ1) is 16.5. The highest BCUT2D eigenvalue weighted by atomic mass is 35.5. The molecule has 24 heavy (non-hydrogen) atoms. The molecular formula is C19H17ClO4. The lowest BCUT2D eigenvalue weighted by Gasteiger charge is -2.22. The standard InChI is InChI=1S/C19H17ClO4/c1-11-16-12(8-14(17(11)20)24-10-15(21)22)9-19(2,18(16)23)13-6-4-3-5-7-13/h3-8H,9-10H2,1-2H3,(H,21,22). The van der Waals surface area contributed by atoms with Crippen LogP contribution in [-0.4, -0.2) is 23.5 Å². The first-order chi connectivity index (χ1) is 11.3. The molecule has 0 radical (unpaired) electrons. The first-order valence-electron chi connectivity index (χ1n) is 7.61. The van der Waals surface area contributed by atoms with Gasteiger partial charge in [-0.15, -0.1) is 0 Å². The predicted molar refractivity (Wildman–Crippen MR) is 91.1 cm³/mol. The van der Waals surface area contributed by atoms with Crippen LogP contribution in [0.5, 0.6) is 5.75 Å². The van der Waals surface area contributed by atoms with Crippen molar-refractivity contribution in [3.63, 3.8) is 0 Å². The molecule has 0 aromatic heterocycles. The Hall–Kier alpha value is -2.33. The van der Waals surface area contributed by atoms with Gasteiger partial charge in [0.25, 0.3) is 0 Å². The Labute approximate surface area is 145 Å². The van der Waals surface area contributed by atoms with E-state index in [0.29, 0.717) is 28.3 Å². The molecule has 1 N–H and O–H groups in total. The lowest BCUT2D eigenvalue weighted by molar-refractivity contribution is -0.139. The molecule has 4 nitrogen and oxygen atoms in total. The average molecular weight is 345 g/mol. The van der Waals surface area contributed by atoms with E-state index >= 15 is 0 Å². The molecule has 3 rings (SSSR count). The molecule has 1 atom stereocenters. The number of carboxylic acids is 1. The summed E-state index contributed by atoms with van der Waals surface area (Å²) in [7, 11) is 0. The summed E-state index contributed by atoms with van der Waals surface area (Å²) in [6.07, 6.45) is 0.534. The molecule has 124 valence electrons. The minimum absolute atomic E-state index is 0.0351. The number of carbonyl (C=O) groups excluding carboxylic acids is 1. The van der Waals surface area contributed by atoms with Crippen molar-refractivity contribution < 1.29 is 19.4 Å². The van der Waals surface area contributed by atoms with Gasteiger partial charge in [0.1, 0.15) is 5.75 Å². The summed E-state index contributed by atoms with van der Waals surface area (Å²) >= 11 is 6.29. The Balaban J connectivity index is 2.05. The van der Waals surface area contributed by atoms with E-state index in [9.17, 15) is 9.59 Å². The van der Waals surface area contributed by atoms with Crippen LogP contribution in [0.2, 0.25) is 5.02 Å². The molecular weight excluding hydrogens is 328 g/mol. The van der Waals surface area contributed by atoms with Crippen molar-refractivity contribution in [2.24, 2.45) is 0 Å². The summed E-state index contributed by atoms with van der Waals surface area (Å²) in [6.45, 7) is 3.22. The molecule has 0 aliphatic heterocycles. The quantitative estimate of drug-likeness (QED) is 0.916. The van der Waals surface area contributed by atoms with E-state index in [0.717, 1.165) is 11.1 Å². The van der Waals surface area contributed by atoms with Crippen LogP contribution in [-0.2, 0) is 16.6 Å². The van der Waals surface area contributed by atoms with Gasteiger partial charge < -0.3 is 9.84 Å². The summed E-state index contributed by atoms with van der Waals surface area (Å²) < 4.78 is 5.27. The van der Waals surface area contributed by atoms with E-state index in [4.69, 9.17) is 21.4 Å². The summed E-state index contributed by atoms with van der Waals surface area (Å²) in [6, 6.07) is 11.3. The summed E-state index contributed by atoms with van der Waals surface area (Å²) in [4.78, 5) is 23.8. The second-order valence-electron chi connectivity index (χ2n) is 6.23. The minimum atomic E-state index is -1.07. The number of halogens is 1. The third kappa shape index (κ3) is 2.57. The zero-order valence-corrected chi connectivity index (χ0v) is 14.2. The van der Waals surface area contributed by atoms with Crippen molar-refractivity contribution in [2.45, 2.75) is 25.7 Å². The maximum absolute atomic E-state index is 13.1. The number of hydrogen-bond donors (Lipinski definition) is 1. The highest BCUT2D eigenvalue weighted by molar-refractivity contribution is 6.33. The highest BCUT2D eigenvalue weighted by Gasteiger charge is 2.44. The number of carboxylic acid groups (broad SMARTS) is 1. The van der Waals surface area contributed by atoms with E-state index in [1.807, 2.05) is 37.3 Å². The van der Waals surface area contributed by atoms with Crippen molar-refractivity contribution in [3.05, 3.63) is 63.7 Å². The van der Waals surface area contributed by atoms with E-state index in [1.54, 1.807) is 13.0 Å². The smallest absolute Gasteiger partial charge is 0.341 e. The van der Waals surface area contributed by atoms with Crippen molar-refractivity contribution in [2.75, 3.05) is 6.61 Å². The molecule has 0 fully saturated rings. The fourth-order valence-electron chi connectivity index (χ4n) is 3.31. The van der Waals surface area contributed by atoms with Crippen LogP contribution in [0.3, 0.4) is 0 Å². The normalized spacial score (nSPS) is 19.2. The summed E-state index contributed by atoms with van der Waals surface area (Å²) in [5.74, 6) is -0.734. The third-order valence-electron chi connectivity index (χ3n) is 4.58. The molecule has 0 saturated carbocycles. The number of hydrogen-bond acceptors (Lipinski definition) is 3. The van der Waals surface area contributed by atoms with Gasteiger partial charge in [0.05, 0.1) is 10.4 Å². The van der Waals surface area contributed by atoms with Crippen molar-refractivity contribution in [3.8, 4) is 5.75 Å². The average Bonchev–Trinajstić information content (AvgIpc) is 2.82. The van der Waals surface area contributed by atoms with Crippen LogP contribution in [0, 0.1) is 6.92 Å². The lowest BCUT2D eigenvalue weighted by atomic mass is 9.79. The van der Waals surface area contributed by atoms with E-state index < -0.39 is 18.0 Å². The predicted octanol–water partition coefficient (Wildman–Crippen LogP) is 3.81. The minimum Gasteiger partial charge on any atom is -0.480 e. The van der Waals surface area contributed by atoms with Crippen LogP contribution in [0.1, 0.15) is 34.0 Å². The molecule has 5 heteroatoms. The molecule has 1 aliphatic carbocycles. The van der Waals surface area contributed by atoms with Crippen LogP contribution in [0.15, 0.2) is 36.4 Å². The molecule has 2 aromatic carbocycles. The molecule has 0 bridgehead atoms. The Kier molecular flexibility index (Phi) is 4.10. The number of aliphatic carboxylic acids is 1. The topological polar surface area (TPSA) is 63.6 Å². The van der Waals surface area contributed by atoms with Crippen molar-refractivity contribution in [1.82, 2.24) is 0 Å². The zero-order chi connectivity index (χ0) is 17.5. The van der Waals surface area contributed by atoms with Gasteiger partial charge >= 0.3 is 5.97 Å². The summed E-state index contributed by atoms with van der Waals surface area (Å²) in [5, 5.41) is 9.07. The van der Waals surface area contributed by atoms with Crippen LogP contribution in [0.25, 0.3) is 0 Å². The van der Waals surface area contributed by atoms with Crippen molar-refractivity contribution in [1.29, 1.82) is 0 Å². The largest absolute Gasteiger partial charge is 0.480 e. The van der Waals surface area contributed by atoms with E-state index in [1.165, 1.54) is 0 Å². The fraction of sp³-hybridized carbons (Fsp3) is 0.263. The molecule has 1 aliphatic rings. The maximum atomic E-state index is 13.1. The Morgan fingerprint density at radius 2 is 2.00 bits per heavy atom. The number of benzene rings is 2. The van der Waals surface area contributed by atoms with Crippen LogP contribution in [0.4, 0.5) is 0 Å². The van der Waals surface area contributed by atoms with Crippen molar-refractivity contribution >= 4 is 23.4 Å². The number of ether oxygens (including phenoxy) is 1. The van der Waals surface area contributed by atoms with Crippen LogP contribution < -0.4 is 4.74 Å². The Morgan fingerprint density at radius 1 is 1.33 bits per heavy atom. The SMILES string of the molecule is Cc1c(Cl)c(OCC(=O)O)cc2c1C(=O)C(C)(c1ccccc1)C2. The summed E-state index contributed by atoms with van der Waals surface area (Å²) in [5.41, 5.74) is 2.40. The van der Waals surface area contributed by atoms with E-state index in [-0.39, 0.29) is 5.78 Å². The number of fused-ring (bicyclic) bond motifs is 1. The van der Waals surface area contributed by atoms with Gasteiger partial charge in [0, 0.05) is 5.56 Å². The van der Waals surface area contributed by atoms with E-state index in [2.05, 4.69) is 0 Å². The van der Waals surface area contributed by atoms with Gasteiger partial charge in [-0.05, 0) is 43.0 Å². The van der Waals surface area contributed by atoms with Gasteiger partial charge in [-0.3, -0.25) is 4.79 Å². The number of ketones is 1. The number of carbonyl (C=O) groups is 2. The zero-order valence-electron chi connectivity index (χ0n) is 13.4. The number of Topliss-reactive ketones (excluding diaryl/α,β-unsaturated/α-hetero) is 1. The third-order valence-corrected chi connectivity index (χ3v) is 5.05. The first-order valence-corrected chi connectivity index (χ1v) is 7.99. The second-order valence-corrected chi connectivity index (χ2v) is 6.61. The monoisotopic (exact) mass is 344 g/mol. The molecule has 0 amide bonds. The van der Waals surface area contributed by atoms with Gasteiger partial charge in [-0.2, -0.15) is 0 Å². The molecule has 0 spiro atoms. The van der Waals surface area contributed by atoms with Gasteiger partial charge in [-0.1, -0.05) is 41.9 Å². The molecule has 0 heterocycles. The second kappa shape index (κ2) is 5.95. The Bertz CT molecular complexity index is 829. The van der Waals surface area contributed by atoms with Gasteiger partial charge in [0.2, 0.25) is 0 Å². The van der Waals surface area contributed by atoms with Gasteiger partial charge in [-0.25, -0.2) is 4.79 Å². The molecule has 1 unspecified atom stereocenters. The molecule has 2 aromatic rings. The highest BCUT2D eigenvalue weighted by Crippen LogP contribution is 2.45. The Morgan fingerprint density at radius 3 is 2.62 bits per heavy atom. The fourth-order valence-corrected chi connectivity index (χ4v) is 3.51. The lowest BCUT2D eigenvalue weighted by Crippen LogP contribution is -2.29. The van der Waals surface area contributed by atoms with Gasteiger partial charge in [0.15, 0.2) is 12.4 Å². The molecule has 0 saturated heterocycles. The maximum Gasteiger partial charge on any atom is 0.341 e. The number of rotatable bonds is 4. The van der Waals surface area contributed by atoms with Crippen LogP contribution >= 0.6 is 11.6 Å².